The number of benzene rings is 2. The maximum Gasteiger partial charge on any atom is 0.231 e. The molecule has 0 atom stereocenters. The standard InChI is InChI=1S/C22H22N8O/c1-13(31)30(2)16-6-3-14(4-7-16)27-22-28-20-17(9-10-23-20)21(29-22)26-15-5-8-18-19(11-15)25-12-24-18/h3-8,11-12H,9-10H2,1-2H3,(H,24,25)(H3,23,26,27,28,29). The maximum absolute atomic E-state index is 11.5. The van der Waals surface area contributed by atoms with Crippen LogP contribution in [0.1, 0.15) is 12.5 Å². The molecule has 156 valence electrons. The van der Waals surface area contributed by atoms with E-state index in [0.29, 0.717) is 5.95 Å². The maximum atomic E-state index is 11.5. The molecule has 1 aliphatic heterocycles. The monoisotopic (exact) mass is 414 g/mol. The van der Waals surface area contributed by atoms with Crippen molar-refractivity contribution in [2.45, 2.75) is 13.3 Å². The summed E-state index contributed by atoms with van der Waals surface area (Å²) in [6.07, 6.45) is 2.54. The van der Waals surface area contributed by atoms with Gasteiger partial charge in [-0.2, -0.15) is 9.97 Å². The summed E-state index contributed by atoms with van der Waals surface area (Å²) in [5.74, 6) is 2.07. The largest absolute Gasteiger partial charge is 0.369 e. The van der Waals surface area contributed by atoms with E-state index in [1.54, 1.807) is 18.3 Å². The lowest BCUT2D eigenvalue weighted by atomic mass is 10.2. The van der Waals surface area contributed by atoms with Crippen LogP contribution < -0.4 is 20.9 Å². The first-order chi connectivity index (χ1) is 15.1. The third-order valence-electron chi connectivity index (χ3n) is 5.34. The van der Waals surface area contributed by atoms with E-state index in [-0.39, 0.29) is 5.91 Å². The minimum atomic E-state index is -0.0160. The number of anilines is 6. The van der Waals surface area contributed by atoms with Crippen LogP contribution in [0.4, 0.5) is 34.6 Å². The molecular weight excluding hydrogens is 392 g/mol. The van der Waals surface area contributed by atoms with Gasteiger partial charge in [-0.25, -0.2) is 4.98 Å². The summed E-state index contributed by atoms with van der Waals surface area (Å²) in [5.41, 5.74) is 5.53. The number of rotatable bonds is 5. The van der Waals surface area contributed by atoms with Crippen LogP contribution in [-0.2, 0) is 11.2 Å². The average Bonchev–Trinajstić information content (AvgIpc) is 3.42. The summed E-state index contributed by atoms with van der Waals surface area (Å²) >= 11 is 0. The van der Waals surface area contributed by atoms with E-state index >= 15 is 0 Å². The second-order valence-corrected chi connectivity index (χ2v) is 7.41. The van der Waals surface area contributed by atoms with Gasteiger partial charge in [-0.15, -0.1) is 0 Å². The lowest BCUT2D eigenvalue weighted by molar-refractivity contribution is -0.116. The third-order valence-corrected chi connectivity index (χ3v) is 5.34. The van der Waals surface area contributed by atoms with Gasteiger partial charge in [-0.1, -0.05) is 0 Å². The lowest BCUT2D eigenvalue weighted by Crippen LogP contribution is -2.22. The van der Waals surface area contributed by atoms with Gasteiger partial charge in [0.2, 0.25) is 11.9 Å². The summed E-state index contributed by atoms with van der Waals surface area (Å²) in [7, 11) is 1.75. The molecule has 4 N–H and O–H groups in total. The van der Waals surface area contributed by atoms with Crippen LogP contribution in [0.15, 0.2) is 48.8 Å². The van der Waals surface area contributed by atoms with Crippen LogP contribution in [-0.4, -0.2) is 39.4 Å². The number of amides is 1. The number of hydrogen-bond donors (Lipinski definition) is 4. The van der Waals surface area contributed by atoms with E-state index in [9.17, 15) is 4.79 Å². The van der Waals surface area contributed by atoms with Gasteiger partial charge >= 0.3 is 0 Å². The van der Waals surface area contributed by atoms with E-state index in [2.05, 4.69) is 30.9 Å². The van der Waals surface area contributed by atoms with Crippen LogP contribution in [0, 0.1) is 0 Å². The molecule has 9 heteroatoms. The molecule has 2 aromatic carbocycles. The van der Waals surface area contributed by atoms with Crippen molar-refractivity contribution in [1.29, 1.82) is 0 Å². The second-order valence-electron chi connectivity index (χ2n) is 7.41. The van der Waals surface area contributed by atoms with Crippen LogP contribution in [0.25, 0.3) is 11.0 Å². The molecule has 31 heavy (non-hydrogen) atoms. The van der Waals surface area contributed by atoms with Crippen LogP contribution in [0.5, 0.6) is 0 Å². The van der Waals surface area contributed by atoms with Crippen molar-refractivity contribution in [3.63, 3.8) is 0 Å². The highest BCUT2D eigenvalue weighted by atomic mass is 16.2. The van der Waals surface area contributed by atoms with Gasteiger partial charge in [0, 0.05) is 43.1 Å². The number of aromatic nitrogens is 4. The van der Waals surface area contributed by atoms with Crippen LogP contribution in [0.3, 0.4) is 0 Å². The summed E-state index contributed by atoms with van der Waals surface area (Å²) < 4.78 is 0. The molecular formula is C22H22N8O. The van der Waals surface area contributed by atoms with Crippen molar-refractivity contribution in [3.05, 3.63) is 54.4 Å². The number of nitrogens with zero attached hydrogens (tertiary/aromatic N) is 4. The summed E-state index contributed by atoms with van der Waals surface area (Å²) in [4.78, 5) is 29.9. The van der Waals surface area contributed by atoms with Crippen molar-refractivity contribution < 1.29 is 4.79 Å². The number of H-pyrrole nitrogens is 1. The number of carbonyl (C=O) groups is 1. The quantitative estimate of drug-likeness (QED) is 0.393. The molecule has 2 aromatic heterocycles. The highest BCUT2D eigenvalue weighted by molar-refractivity contribution is 5.91. The SMILES string of the molecule is CC(=O)N(C)c1ccc(Nc2nc3c(c(Nc4ccc5nc[nH]c5c4)n2)CCN3)cc1. The van der Waals surface area contributed by atoms with Crippen molar-refractivity contribution in [1.82, 2.24) is 19.9 Å². The number of fused-ring (bicyclic) bond motifs is 2. The second kappa shape index (κ2) is 7.60. The first-order valence-corrected chi connectivity index (χ1v) is 10.0. The van der Waals surface area contributed by atoms with Crippen molar-refractivity contribution in [3.8, 4) is 0 Å². The molecule has 9 nitrogen and oxygen atoms in total. The first kappa shape index (κ1) is 18.9. The summed E-state index contributed by atoms with van der Waals surface area (Å²) in [6.45, 7) is 2.37. The molecule has 1 aliphatic rings. The Balaban J connectivity index is 1.41. The minimum Gasteiger partial charge on any atom is -0.369 e. The number of nitrogens with one attached hydrogen (secondary N) is 4. The van der Waals surface area contributed by atoms with E-state index in [1.165, 1.54) is 6.92 Å². The topological polar surface area (TPSA) is 111 Å². The molecule has 5 rings (SSSR count). The van der Waals surface area contributed by atoms with Crippen molar-refractivity contribution >= 4 is 51.6 Å². The number of aromatic amines is 1. The molecule has 0 bridgehead atoms. The Morgan fingerprint density at radius 3 is 2.68 bits per heavy atom. The highest BCUT2D eigenvalue weighted by Gasteiger charge is 2.19. The Bertz CT molecular complexity index is 1260. The predicted octanol–water partition coefficient (Wildman–Crippen LogP) is 3.79. The number of carbonyl (C=O) groups excluding carboxylic acids is 1. The molecule has 0 saturated heterocycles. The Morgan fingerprint density at radius 1 is 1.06 bits per heavy atom. The fourth-order valence-electron chi connectivity index (χ4n) is 3.56. The fraction of sp³-hybridized carbons (Fsp3) is 0.182. The molecule has 1 amide bonds. The lowest BCUT2D eigenvalue weighted by Gasteiger charge is -2.16. The Labute approximate surface area is 178 Å². The molecule has 0 saturated carbocycles. The van der Waals surface area contributed by atoms with Gasteiger partial charge in [0.25, 0.3) is 0 Å². The zero-order chi connectivity index (χ0) is 21.4. The smallest absolute Gasteiger partial charge is 0.231 e. The molecule has 3 heterocycles. The van der Waals surface area contributed by atoms with E-state index in [0.717, 1.165) is 58.3 Å². The fourth-order valence-corrected chi connectivity index (χ4v) is 3.56. The molecule has 0 fully saturated rings. The predicted molar refractivity (Wildman–Crippen MR) is 122 cm³/mol. The van der Waals surface area contributed by atoms with Gasteiger partial charge < -0.3 is 25.8 Å². The first-order valence-electron chi connectivity index (χ1n) is 10.0. The van der Waals surface area contributed by atoms with Crippen LogP contribution >= 0.6 is 0 Å². The van der Waals surface area contributed by atoms with Crippen molar-refractivity contribution in [2.24, 2.45) is 0 Å². The molecule has 0 spiro atoms. The number of hydrogen-bond acceptors (Lipinski definition) is 7. The Morgan fingerprint density at radius 2 is 1.87 bits per heavy atom. The van der Waals surface area contributed by atoms with Gasteiger partial charge in [-0.3, -0.25) is 4.79 Å². The summed E-state index contributed by atoms with van der Waals surface area (Å²) in [6, 6.07) is 13.5. The van der Waals surface area contributed by atoms with E-state index < -0.39 is 0 Å². The summed E-state index contributed by atoms with van der Waals surface area (Å²) in [5, 5.41) is 10.0. The average molecular weight is 414 g/mol. The zero-order valence-electron chi connectivity index (χ0n) is 17.2. The molecule has 0 radical (unpaired) electrons. The Kier molecular flexibility index (Phi) is 4.62. The van der Waals surface area contributed by atoms with Gasteiger partial charge in [0.05, 0.1) is 17.4 Å². The van der Waals surface area contributed by atoms with Crippen LogP contribution in [0.2, 0.25) is 0 Å². The Hall–Kier alpha value is -4.14. The van der Waals surface area contributed by atoms with E-state index in [1.807, 2.05) is 42.5 Å². The van der Waals surface area contributed by atoms with E-state index in [4.69, 9.17) is 4.98 Å². The van der Waals surface area contributed by atoms with Gasteiger partial charge in [0.15, 0.2) is 0 Å². The minimum absolute atomic E-state index is 0.0160. The molecule has 4 aromatic rings. The van der Waals surface area contributed by atoms with Gasteiger partial charge in [0.1, 0.15) is 11.6 Å². The molecule has 0 unspecified atom stereocenters. The van der Waals surface area contributed by atoms with Gasteiger partial charge in [-0.05, 0) is 48.9 Å². The molecule has 0 aliphatic carbocycles. The third kappa shape index (κ3) is 3.73. The van der Waals surface area contributed by atoms with Crippen molar-refractivity contribution in [2.75, 3.05) is 34.4 Å². The number of imidazole rings is 1. The normalized spacial score (nSPS) is 12.3. The highest BCUT2D eigenvalue weighted by Crippen LogP contribution is 2.31. The zero-order valence-corrected chi connectivity index (χ0v) is 17.2.